The minimum absolute atomic E-state index is 0.0717. The van der Waals surface area contributed by atoms with Crippen LogP contribution in [0.1, 0.15) is 52.9 Å². The summed E-state index contributed by atoms with van der Waals surface area (Å²) in [5.74, 6) is 0.241. The Morgan fingerprint density at radius 3 is 2.18 bits per heavy atom. The fourth-order valence-corrected chi connectivity index (χ4v) is 4.20. The van der Waals surface area contributed by atoms with Crippen LogP contribution < -0.4 is 4.72 Å². The summed E-state index contributed by atoms with van der Waals surface area (Å²) < 4.78 is 26.6. The van der Waals surface area contributed by atoms with E-state index in [2.05, 4.69) is 41.4 Å². The highest BCUT2D eigenvalue weighted by Crippen LogP contribution is 2.25. The van der Waals surface area contributed by atoms with E-state index in [-0.39, 0.29) is 17.2 Å². The average Bonchev–Trinajstić information content (AvgIpc) is 2.18. The van der Waals surface area contributed by atoms with Crippen LogP contribution in [0.15, 0.2) is 0 Å². The lowest BCUT2D eigenvalue weighted by Gasteiger charge is -2.26. The van der Waals surface area contributed by atoms with Crippen LogP contribution in [0.4, 0.5) is 0 Å². The van der Waals surface area contributed by atoms with Crippen molar-refractivity contribution in [2.75, 3.05) is 5.75 Å². The molecule has 0 radical (unpaired) electrons. The van der Waals surface area contributed by atoms with Crippen molar-refractivity contribution in [1.29, 1.82) is 0 Å². The van der Waals surface area contributed by atoms with E-state index in [0.29, 0.717) is 11.2 Å². The van der Waals surface area contributed by atoms with Crippen molar-refractivity contribution in [3.63, 3.8) is 0 Å². The Balaban J connectivity index is 2.39. The molecule has 1 aliphatic carbocycles. The van der Waals surface area contributed by atoms with E-state index < -0.39 is 10.0 Å². The molecule has 1 N–H and O–H groups in total. The molecule has 0 aromatic heterocycles. The Bertz CT molecular complexity index is 327. The lowest BCUT2D eigenvalue weighted by atomic mass is 9.94. The van der Waals surface area contributed by atoms with Gasteiger partial charge in [-0.3, -0.25) is 0 Å². The first-order valence-corrected chi connectivity index (χ1v) is 8.89. The second-order valence-electron chi connectivity index (χ2n) is 6.20. The summed E-state index contributed by atoms with van der Waals surface area (Å²) in [6, 6.07) is 0.147. The molecular weight excluding hydrogens is 302 g/mol. The van der Waals surface area contributed by atoms with Crippen LogP contribution in [-0.2, 0) is 10.0 Å². The SMILES string of the molecule is CC(C)(C)CCS(=O)(=O)NC1CCC(Br)CC1. The fourth-order valence-electron chi connectivity index (χ4n) is 1.92. The molecule has 0 spiro atoms. The Hall–Kier alpha value is 0.390. The van der Waals surface area contributed by atoms with Crippen molar-refractivity contribution >= 4 is 26.0 Å². The quantitative estimate of drug-likeness (QED) is 0.807. The summed E-state index contributed by atoms with van der Waals surface area (Å²) in [6.07, 6.45) is 4.73. The molecule has 102 valence electrons. The number of halogens is 1. The summed E-state index contributed by atoms with van der Waals surface area (Å²) in [7, 11) is -3.10. The van der Waals surface area contributed by atoms with Gasteiger partial charge in [-0.2, -0.15) is 0 Å². The third-order valence-corrected chi connectivity index (χ3v) is 5.47. The molecule has 0 amide bonds. The fraction of sp³-hybridized carbons (Fsp3) is 1.00. The van der Waals surface area contributed by atoms with Gasteiger partial charge in [-0.05, 0) is 37.5 Å². The molecule has 5 heteroatoms. The summed E-state index contributed by atoms with van der Waals surface area (Å²) in [5.41, 5.74) is 0.0717. The largest absolute Gasteiger partial charge is 0.212 e. The van der Waals surface area contributed by atoms with Crippen LogP contribution in [0, 0.1) is 5.41 Å². The topological polar surface area (TPSA) is 46.2 Å². The molecule has 1 rings (SSSR count). The van der Waals surface area contributed by atoms with Gasteiger partial charge in [0.05, 0.1) is 5.75 Å². The van der Waals surface area contributed by atoms with Crippen molar-refractivity contribution in [2.24, 2.45) is 5.41 Å². The first-order valence-electron chi connectivity index (χ1n) is 6.32. The number of hydrogen-bond acceptors (Lipinski definition) is 2. The van der Waals surface area contributed by atoms with Crippen molar-refractivity contribution in [3.05, 3.63) is 0 Å². The maximum atomic E-state index is 11.9. The number of alkyl halides is 1. The zero-order chi connectivity index (χ0) is 13.1. The Morgan fingerprint density at radius 2 is 1.71 bits per heavy atom. The van der Waals surface area contributed by atoms with Crippen molar-refractivity contribution in [1.82, 2.24) is 4.72 Å². The predicted molar refractivity (Wildman–Crippen MR) is 76.0 cm³/mol. The van der Waals surface area contributed by atoms with Gasteiger partial charge in [-0.25, -0.2) is 13.1 Å². The third-order valence-electron chi connectivity index (χ3n) is 3.12. The van der Waals surface area contributed by atoms with Gasteiger partial charge in [-0.15, -0.1) is 0 Å². The second-order valence-corrected chi connectivity index (χ2v) is 9.36. The monoisotopic (exact) mass is 325 g/mol. The highest BCUT2D eigenvalue weighted by molar-refractivity contribution is 9.09. The van der Waals surface area contributed by atoms with Crippen LogP contribution in [0.25, 0.3) is 0 Å². The smallest absolute Gasteiger partial charge is 0.211 e. The molecule has 0 saturated heterocycles. The van der Waals surface area contributed by atoms with E-state index in [0.717, 1.165) is 25.7 Å². The van der Waals surface area contributed by atoms with Crippen molar-refractivity contribution in [3.8, 4) is 0 Å². The van der Waals surface area contributed by atoms with Gasteiger partial charge in [0.2, 0.25) is 10.0 Å². The number of sulfonamides is 1. The highest BCUT2D eigenvalue weighted by atomic mass is 79.9. The van der Waals surface area contributed by atoms with Crippen LogP contribution >= 0.6 is 15.9 Å². The molecular formula is C12H24BrNO2S. The Kier molecular flexibility index (Phi) is 5.47. The molecule has 17 heavy (non-hydrogen) atoms. The summed E-state index contributed by atoms with van der Waals surface area (Å²) in [6.45, 7) is 6.20. The van der Waals surface area contributed by atoms with E-state index in [1.165, 1.54) is 0 Å². The first-order chi connectivity index (χ1) is 7.68. The number of nitrogens with one attached hydrogen (secondary N) is 1. The zero-order valence-corrected chi connectivity index (χ0v) is 13.4. The first kappa shape index (κ1) is 15.4. The highest BCUT2D eigenvalue weighted by Gasteiger charge is 2.24. The Morgan fingerprint density at radius 1 is 1.18 bits per heavy atom. The van der Waals surface area contributed by atoms with Crippen LogP contribution in [0.2, 0.25) is 0 Å². The number of rotatable bonds is 4. The third kappa shape index (κ3) is 6.77. The Labute approximate surface area is 114 Å². The van der Waals surface area contributed by atoms with E-state index >= 15 is 0 Å². The van der Waals surface area contributed by atoms with Crippen molar-refractivity contribution in [2.45, 2.75) is 63.7 Å². The standard InChI is InChI=1S/C12H24BrNO2S/c1-12(2,3)8-9-17(15,16)14-11-6-4-10(13)5-7-11/h10-11,14H,4-9H2,1-3H3. The summed E-state index contributed by atoms with van der Waals surface area (Å²) >= 11 is 3.57. The van der Waals surface area contributed by atoms with Crippen LogP contribution in [-0.4, -0.2) is 25.0 Å². The molecule has 0 heterocycles. The molecule has 0 unspecified atom stereocenters. The lowest BCUT2D eigenvalue weighted by Crippen LogP contribution is -2.39. The zero-order valence-electron chi connectivity index (χ0n) is 11.0. The molecule has 3 nitrogen and oxygen atoms in total. The molecule has 1 saturated carbocycles. The summed E-state index contributed by atoms with van der Waals surface area (Å²) in [4.78, 5) is 0.567. The minimum atomic E-state index is -3.10. The minimum Gasteiger partial charge on any atom is -0.212 e. The second kappa shape index (κ2) is 6.02. The average molecular weight is 326 g/mol. The maximum absolute atomic E-state index is 11.9. The van der Waals surface area contributed by atoms with Gasteiger partial charge >= 0.3 is 0 Å². The van der Waals surface area contributed by atoms with Gasteiger partial charge in [-0.1, -0.05) is 36.7 Å². The van der Waals surface area contributed by atoms with E-state index in [1.54, 1.807) is 0 Å². The van der Waals surface area contributed by atoms with Gasteiger partial charge in [0, 0.05) is 10.9 Å². The maximum Gasteiger partial charge on any atom is 0.211 e. The van der Waals surface area contributed by atoms with Crippen molar-refractivity contribution < 1.29 is 8.42 Å². The van der Waals surface area contributed by atoms with Gasteiger partial charge in [0.1, 0.15) is 0 Å². The molecule has 0 atom stereocenters. The van der Waals surface area contributed by atoms with E-state index in [9.17, 15) is 8.42 Å². The summed E-state index contributed by atoms with van der Waals surface area (Å²) in [5, 5.41) is 0. The van der Waals surface area contributed by atoms with Gasteiger partial charge in [0.15, 0.2) is 0 Å². The lowest BCUT2D eigenvalue weighted by molar-refractivity contribution is 0.391. The molecule has 0 aliphatic heterocycles. The van der Waals surface area contributed by atoms with Crippen LogP contribution in [0.3, 0.4) is 0 Å². The molecule has 1 aliphatic rings. The molecule has 1 fully saturated rings. The normalized spacial score (nSPS) is 27.1. The molecule has 0 aromatic carbocycles. The van der Waals surface area contributed by atoms with Gasteiger partial charge in [0.25, 0.3) is 0 Å². The molecule has 0 aromatic rings. The van der Waals surface area contributed by atoms with Gasteiger partial charge < -0.3 is 0 Å². The van der Waals surface area contributed by atoms with E-state index in [4.69, 9.17) is 0 Å². The van der Waals surface area contributed by atoms with Crippen LogP contribution in [0.5, 0.6) is 0 Å². The molecule has 0 bridgehead atoms. The van der Waals surface area contributed by atoms with E-state index in [1.807, 2.05) is 0 Å². The number of hydrogen-bond donors (Lipinski definition) is 1. The predicted octanol–water partition coefficient (Wildman–Crippen LogP) is 3.05.